The zero-order valence-corrected chi connectivity index (χ0v) is 58.9. The van der Waals surface area contributed by atoms with E-state index in [1.54, 1.807) is 0 Å². The number of nitrogens with two attached hydrogens (primary N) is 1. The first kappa shape index (κ1) is 85.2. The fourth-order valence-electron chi connectivity index (χ4n) is 11.8. The quantitative estimate of drug-likeness (QED) is 0.0264. The third-order valence-corrected chi connectivity index (χ3v) is 18.5. The molecule has 0 amide bonds. The van der Waals surface area contributed by atoms with Crippen LogP contribution >= 0.6 is 7.82 Å². The number of carbonyl (C=O) groups excluding carboxylic acids is 2. The Labute approximate surface area is 541 Å². The van der Waals surface area contributed by atoms with E-state index in [4.69, 9.17) is 24.3 Å². The number of phosphoric ester groups is 1. The standard InChI is InChI=1S/C77H148NO8P/c1-3-5-7-9-11-13-15-17-19-21-23-25-27-29-31-32-33-34-35-36-37-38-39-40-41-42-44-46-48-50-52-54-56-58-60-62-64-66-68-70-77(80)86-75(74-85-87(81,82)84-72-71-78)73-83-76(79)69-67-65-63-61-59-57-55-53-51-49-47-45-43-30-28-26-24-22-20-18-16-14-12-10-8-6-4-2/h15,17,21,23,27,29,75H,3-14,16,18-20,22,24-26,28,30-74,78H2,1-2H3,(H,81,82)/b17-15-,23-21-,29-27-. The lowest BCUT2D eigenvalue weighted by Gasteiger charge is -2.19. The first-order valence-electron chi connectivity index (χ1n) is 38.5. The average Bonchev–Trinajstić information content (AvgIpc) is 3.64. The van der Waals surface area contributed by atoms with Gasteiger partial charge in [0.05, 0.1) is 13.2 Å². The molecule has 3 N–H and O–H groups in total. The lowest BCUT2D eigenvalue weighted by Crippen LogP contribution is -2.29. The largest absolute Gasteiger partial charge is 0.472 e. The van der Waals surface area contributed by atoms with Crippen LogP contribution < -0.4 is 5.73 Å². The van der Waals surface area contributed by atoms with Crippen molar-refractivity contribution in [2.45, 2.75) is 418 Å². The Hall–Kier alpha value is -1.77. The van der Waals surface area contributed by atoms with E-state index < -0.39 is 26.5 Å². The van der Waals surface area contributed by atoms with Crippen molar-refractivity contribution in [3.63, 3.8) is 0 Å². The maximum atomic E-state index is 12.8. The second-order valence-corrected chi connectivity index (χ2v) is 27.7. The van der Waals surface area contributed by atoms with Crippen molar-refractivity contribution in [3.05, 3.63) is 36.5 Å². The van der Waals surface area contributed by atoms with Crippen LogP contribution in [0.15, 0.2) is 36.5 Å². The third-order valence-electron chi connectivity index (χ3n) is 17.5. The molecule has 0 aromatic carbocycles. The molecule has 0 fully saturated rings. The van der Waals surface area contributed by atoms with Crippen molar-refractivity contribution >= 4 is 19.8 Å². The number of carbonyl (C=O) groups is 2. The number of rotatable bonds is 74. The van der Waals surface area contributed by atoms with Gasteiger partial charge < -0.3 is 20.1 Å². The molecule has 0 aliphatic rings. The zero-order valence-electron chi connectivity index (χ0n) is 58.0. The summed E-state index contributed by atoms with van der Waals surface area (Å²) in [5.74, 6) is -0.800. The second-order valence-electron chi connectivity index (χ2n) is 26.2. The number of hydrogen-bond acceptors (Lipinski definition) is 8. The molecule has 0 aliphatic carbocycles. The average molecular weight is 1250 g/mol. The van der Waals surface area contributed by atoms with E-state index in [0.717, 1.165) is 44.9 Å². The first-order valence-corrected chi connectivity index (χ1v) is 40.0. The minimum Gasteiger partial charge on any atom is -0.462 e. The fourth-order valence-corrected chi connectivity index (χ4v) is 12.6. The number of ether oxygens (including phenoxy) is 2. The summed E-state index contributed by atoms with van der Waals surface area (Å²) in [4.78, 5) is 35.4. The molecular weight excluding hydrogens is 1100 g/mol. The van der Waals surface area contributed by atoms with Gasteiger partial charge in [0, 0.05) is 19.4 Å². The predicted octanol–water partition coefficient (Wildman–Crippen LogP) is 25.4. The molecule has 0 saturated heterocycles. The number of allylic oxidation sites excluding steroid dienone is 6. The SMILES string of the molecule is CCCCCCC/C=C\C/C=C\C/C=C\CCCCCCCCCCCCCCCCCCCCCCCCCCC(=O)OC(COC(=O)CCCCCCCCCCCCCCCCCCCCCCCCCCCCC)COP(=O)(O)OCCN. The van der Waals surface area contributed by atoms with Crippen LogP contribution in [0.25, 0.3) is 0 Å². The van der Waals surface area contributed by atoms with Crippen molar-refractivity contribution < 1.29 is 37.6 Å². The molecule has 0 bridgehead atoms. The molecule has 0 radical (unpaired) electrons. The number of phosphoric acid groups is 1. The van der Waals surface area contributed by atoms with E-state index in [-0.39, 0.29) is 38.6 Å². The van der Waals surface area contributed by atoms with Crippen LogP contribution in [-0.2, 0) is 32.7 Å². The van der Waals surface area contributed by atoms with E-state index in [9.17, 15) is 19.0 Å². The summed E-state index contributed by atoms with van der Waals surface area (Å²) in [5.41, 5.74) is 5.41. The first-order chi connectivity index (χ1) is 42.8. The Morgan fingerprint density at radius 3 is 0.885 bits per heavy atom. The van der Waals surface area contributed by atoms with Crippen molar-refractivity contribution in [3.8, 4) is 0 Å². The fraction of sp³-hybridized carbons (Fsp3) is 0.896. The van der Waals surface area contributed by atoms with Gasteiger partial charge in [-0.1, -0.05) is 384 Å². The van der Waals surface area contributed by atoms with Crippen LogP contribution in [0.5, 0.6) is 0 Å². The molecule has 514 valence electrons. The van der Waals surface area contributed by atoms with Gasteiger partial charge in [-0.25, -0.2) is 4.57 Å². The van der Waals surface area contributed by atoms with Gasteiger partial charge in [0.2, 0.25) is 0 Å². The topological polar surface area (TPSA) is 134 Å². The molecule has 2 atom stereocenters. The van der Waals surface area contributed by atoms with E-state index >= 15 is 0 Å². The van der Waals surface area contributed by atoms with Crippen molar-refractivity contribution in [1.29, 1.82) is 0 Å². The van der Waals surface area contributed by atoms with Crippen LogP contribution in [-0.4, -0.2) is 49.3 Å². The van der Waals surface area contributed by atoms with Crippen LogP contribution in [0.2, 0.25) is 0 Å². The number of hydrogen-bond donors (Lipinski definition) is 2. The minimum atomic E-state index is -4.39. The van der Waals surface area contributed by atoms with Gasteiger partial charge in [0.1, 0.15) is 6.61 Å². The summed E-state index contributed by atoms with van der Waals surface area (Å²) >= 11 is 0. The van der Waals surface area contributed by atoms with E-state index in [1.165, 1.54) is 334 Å². The lowest BCUT2D eigenvalue weighted by molar-refractivity contribution is -0.161. The van der Waals surface area contributed by atoms with Crippen LogP contribution in [0, 0.1) is 0 Å². The van der Waals surface area contributed by atoms with Gasteiger partial charge in [-0.05, 0) is 51.4 Å². The van der Waals surface area contributed by atoms with E-state index in [0.29, 0.717) is 6.42 Å². The summed E-state index contributed by atoms with van der Waals surface area (Å²) in [6.07, 6.45) is 92.8. The molecule has 10 heteroatoms. The molecule has 0 aromatic heterocycles. The highest BCUT2D eigenvalue weighted by molar-refractivity contribution is 7.47. The third kappa shape index (κ3) is 73.2. The highest BCUT2D eigenvalue weighted by Gasteiger charge is 2.26. The molecule has 0 saturated carbocycles. The maximum Gasteiger partial charge on any atom is 0.472 e. The smallest absolute Gasteiger partial charge is 0.462 e. The van der Waals surface area contributed by atoms with Gasteiger partial charge >= 0.3 is 19.8 Å². The zero-order chi connectivity index (χ0) is 63.0. The van der Waals surface area contributed by atoms with Crippen LogP contribution in [0.3, 0.4) is 0 Å². The molecule has 2 unspecified atom stereocenters. The molecule has 0 aliphatic heterocycles. The molecule has 87 heavy (non-hydrogen) atoms. The molecule has 0 spiro atoms. The van der Waals surface area contributed by atoms with Gasteiger partial charge in [-0.2, -0.15) is 0 Å². The van der Waals surface area contributed by atoms with E-state index in [1.807, 2.05) is 0 Å². The van der Waals surface area contributed by atoms with Crippen molar-refractivity contribution in [2.24, 2.45) is 5.73 Å². The summed E-state index contributed by atoms with van der Waals surface area (Å²) in [6, 6.07) is 0. The highest BCUT2D eigenvalue weighted by atomic mass is 31.2. The molecule has 0 heterocycles. The Kier molecular flexibility index (Phi) is 71.8. The summed E-state index contributed by atoms with van der Waals surface area (Å²) in [7, 11) is -4.39. The molecule has 9 nitrogen and oxygen atoms in total. The van der Waals surface area contributed by atoms with Crippen LogP contribution in [0.1, 0.15) is 412 Å². The van der Waals surface area contributed by atoms with Crippen molar-refractivity contribution in [2.75, 3.05) is 26.4 Å². The highest BCUT2D eigenvalue weighted by Crippen LogP contribution is 2.43. The second kappa shape index (κ2) is 73.3. The summed E-state index contributed by atoms with van der Waals surface area (Å²) in [6.45, 7) is 3.82. The molecular formula is C77H148NO8P. The Morgan fingerprint density at radius 1 is 0.345 bits per heavy atom. The number of unbranched alkanes of at least 4 members (excludes halogenated alkanes) is 55. The van der Waals surface area contributed by atoms with E-state index in [2.05, 4.69) is 50.3 Å². The normalized spacial score (nSPS) is 13.0. The molecule has 0 rings (SSSR count). The Morgan fingerprint density at radius 2 is 0.598 bits per heavy atom. The Bertz CT molecular complexity index is 1520. The maximum absolute atomic E-state index is 12.8. The lowest BCUT2D eigenvalue weighted by atomic mass is 10.0. The van der Waals surface area contributed by atoms with Gasteiger partial charge in [-0.15, -0.1) is 0 Å². The van der Waals surface area contributed by atoms with Gasteiger partial charge in [0.15, 0.2) is 6.10 Å². The Balaban J connectivity index is 3.76. The summed E-state index contributed by atoms with van der Waals surface area (Å²) < 4.78 is 33.2. The van der Waals surface area contributed by atoms with Crippen molar-refractivity contribution in [1.82, 2.24) is 0 Å². The van der Waals surface area contributed by atoms with Gasteiger partial charge in [0.25, 0.3) is 0 Å². The van der Waals surface area contributed by atoms with Crippen LogP contribution in [0.4, 0.5) is 0 Å². The summed E-state index contributed by atoms with van der Waals surface area (Å²) in [5, 5.41) is 0. The van der Waals surface area contributed by atoms with Gasteiger partial charge in [-0.3, -0.25) is 18.6 Å². The predicted molar refractivity (Wildman–Crippen MR) is 377 cm³/mol. The molecule has 0 aromatic rings. The monoisotopic (exact) mass is 1250 g/mol. The number of esters is 2. The minimum absolute atomic E-state index is 0.0570.